The third-order valence-corrected chi connectivity index (χ3v) is 11.2. The molecule has 8 nitrogen and oxygen atoms in total. The summed E-state index contributed by atoms with van der Waals surface area (Å²) in [4.78, 5) is 51.9. The summed E-state index contributed by atoms with van der Waals surface area (Å²) in [5.74, 6) is -20.6. The Balaban J connectivity index is 1.41. The predicted molar refractivity (Wildman–Crippen MR) is 164 cm³/mol. The molecular weight excluding hydrogens is 698 g/mol. The lowest BCUT2D eigenvalue weighted by atomic mass is 9.56. The Morgan fingerprint density at radius 1 is 0.776 bits per heavy atom. The number of imide groups is 2. The number of ether oxygens (including phenoxy) is 1. The number of amides is 4. The first kappa shape index (κ1) is 33.2. The van der Waals surface area contributed by atoms with Crippen LogP contribution in [0.3, 0.4) is 0 Å². The van der Waals surface area contributed by atoms with Crippen molar-refractivity contribution >= 4 is 58.2 Å². The summed E-state index contributed by atoms with van der Waals surface area (Å²) in [6.45, 7) is -0.348. The molecule has 0 radical (unpaired) electrons. The number of carbonyl (C=O) groups is 4. The lowest BCUT2D eigenvalue weighted by Crippen LogP contribution is -2.60. The van der Waals surface area contributed by atoms with Crippen molar-refractivity contribution in [2.75, 3.05) is 23.0 Å². The molecule has 1 saturated carbocycles. The van der Waals surface area contributed by atoms with E-state index >= 15 is 8.78 Å². The van der Waals surface area contributed by atoms with Crippen LogP contribution in [0.4, 0.5) is 33.3 Å². The van der Waals surface area contributed by atoms with Crippen molar-refractivity contribution < 1.29 is 51.0 Å². The number of hydrogen-bond acceptors (Lipinski definition) is 6. The Bertz CT molecular complexity index is 1950. The molecule has 0 unspecified atom stereocenters. The number of hydrogen-bond donors (Lipinski definition) is 1. The third-order valence-electron chi connectivity index (χ3n) is 9.81. The first-order valence-electron chi connectivity index (χ1n) is 15.0. The van der Waals surface area contributed by atoms with Crippen LogP contribution in [-0.2, 0) is 19.2 Å². The van der Waals surface area contributed by atoms with Crippen LogP contribution in [0, 0.1) is 46.8 Å². The van der Waals surface area contributed by atoms with E-state index in [2.05, 4.69) is 0 Å². The van der Waals surface area contributed by atoms with Crippen LogP contribution in [0.2, 0.25) is 0 Å². The van der Waals surface area contributed by atoms with Gasteiger partial charge < -0.3 is 9.84 Å². The topological polar surface area (TPSA) is 104 Å². The molecule has 2 aliphatic heterocycles. The number of alkyl halides is 2. The molecule has 254 valence electrons. The molecule has 15 heteroatoms. The van der Waals surface area contributed by atoms with Crippen molar-refractivity contribution in [2.45, 2.75) is 28.5 Å². The number of aliphatic hydroxyl groups excluding tert-OH is 1. The Morgan fingerprint density at radius 3 is 2.00 bits per heavy atom. The number of rotatable bonds is 6. The van der Waals surface area contributed by atoms with Crippen LogP contribution >= 0.6 is 23.2 Å². The molecule has 0 spiro atoms. The molecule has 2 saturated heterocycles. The molecule has 4 amide bonds. The normalized spacial score (nSPS) is 29.2. The van der Waals surface area contributed by atoms with Gasteiger partial charge in [0.15, 0.2) is 33.0 Å². The van der Waals surface area contributed by atoms with Gasteiger partial charge in [0, 0.05) is 5.92 Å². The zero-order valence-corrected chi connectivity index (χ0v) is 26.5. The molecule has 3 aromatic carbocycles. The van der Waals surface area contributed by atoms with Gasteiger partial charge in [-0.05, 0) is 48.6 Å². The van der Waals surface area contributed by atoms with Crippen LogP contribution in [0.5, 0.6) is 5.75 Å². The molecule has 3 fully saturated rings. The van der Waals surface area contributed by atoms with Crippen molar-refractivity contribution in [1.29, 1.82) is 0 Å². The molecule has 3 aromatic rings. The van der Waals surface area contributed by atoms with Gasteiger partial charge in [-0.1, -0.05) is 42.0 Å². The highest BCUT2D eigenvalue weighted by atomic mass is 35.5. The van der Waals surface area contributed by atoms with E-state index in [4.69, 9.17) is 33.0 Å². The molecular formula is C34H23Cl2F5N2O6. The second-order valence-electron chi connectivity index (χ2n) is 12.2. The average molecular weight is 721 g/mol. The van der Waals surface area contributed by atoms with Crippen molar-refractivity contribution in [3.05, 3.63) is 101 Å². The van der Waals surface area contributed by atoms with Crippen LogP contribution in [0.1, 0.15) is 24.3 Å². The average Bonchev–Trinajstić information content (AvgIpc) is 3.44. The molecule has 6 atom stereocenters. The maximum absolute atomic E-state index is 15.2. The number of para-hydroxylation sites is 1. The summed E-state index contributed by atoms with van der Waals surface area (Å²) in [6, 6.07) is 14.0. The smallest absolute Gasteiger partial charge is 0.258 e. The zero-order valence-electron chi connectivity index (χ0n) is 24.9. The van der Waals surface area contributed by atoms with Gasteiger partial charge >= 0.3 is 0 Å². The van der Waals surface area contributed by atoms with E-state index in [1.165, 1.54) is 24.3 Å². The minimum Gasteiger partial charge on any atom is -0.491 e. The van der Waals surface area contributed by atoms with Crippen molar-refractivity contribution in [1.82, 2.24) is 0 Å². The van der Waals surface area contributed by atoms with E-state index < -0.39 is 98.2 Å². The standard InChI is InChI=1S/C34H23Cl2F5N2O6/c35-33-14-20-18(10-11-19-21(20)30(46)42(29(19)45)16-4-2-1-3-5-16)22(15-6-8-17(9-7-15)49-13-12-44)34(33,36)32(48)43(31(33)47)28-26(40)24(38)23(37)25(39)27(28)41/h1-10,19-22,44H,11-14H2/t19-,20+,21-,22-,33+,34-/m0/s1. The number of allylic oxidation sites excluding steroid dienone is 2. The zero-order chi connectivity index (χ0) is 35.2. The Kier molecular flexibility index (Phi) is 7.88. The highest BCUT2D eigenvalue weighted by molar-refractivity contribution is 6.58. The molecule has 4 aliphatic rings. The van der Waals surface area contributed by atoms with Crippen LogP contribution in [0.25, 0.3) is 0 Å². The summed E-state index contributed by atoms with van der Waals surface area (Å²) < 4.78 is 78.6. The number of fused-ring (bicyclic) bond motifs is 4. The summed E-state index contributed by atoms with van der Waals surface area (Å²) in [5.41, 5.74) is -0.989. The predicted octanol–water partition coefficient (Wildman–Crippen LogP) is 5.52. The van der Waals surface area contributed by atoms with Gasteiger partial charge in [0.2, 0.25) is 17.6 Å². The summed E-state index contributed by atoms with van der Waals surface area (Å²) in [5, 5.41) is 9.13. The Morgan fingerprint density at radius 2 is 1.39 bits per heavy atom. The molecule has 0 bridgehead atoms. The van der Waals surface area contributed by atoms with E-state index in [0.29, 0.717) is 11.3 Å². The maximum atomic E-state index is 15.2. The van der Waals surface area contributed by atoms with Crippen molar-refractivity contribution in [2.24, 2.45) is 17.8 Å². The number of aliphatic hydroxyl groups is 1. The highest BCUT2D eigenvalue weighted by Gasteiger charge is 2.77. The number of carbonyl (C=O) groups excluding carboxylic acids is 4. The molecule has 7 rings (SSSR count). The number of benzene rings is 3. The number of nitrogens with zero attached hydrogens (tertiary/aromatic N) is 2. The van der Waals surface area contributed by atoms with Crippen LogP contribution in [-0.4, -0.2) is 51.7 Å². The Hall–Kier alpha value is -4.33. The number of halogens is 7. The van der Waals surface area contributed by atoms with Crippen LogP contribution in [0.15, 0.2) is 66.2 Å². The van der Waals surface area contributed by atoms with Gasteiger partial charge in [-0.15, -0.1) is 23.2 Å². The van der Waals surface area contributed by atoms with E-state index in [-0.39, 0.29) is 35.8 Å². The van der Waals surface area contributed by atoms with E-state index in [1.54, 1.807) is 36.4 Å². The van der Waals surface area contributed by atoms with Crippen LogP contribution < -0.4 is 14.5 Å². The van der Waals surface area contributed by atoms with E-state index in [1.807, 2.05) is 0 Å². The summed E-state index contributed by atoms with van der Waals surface area (Å²) in [6.07, 6.45) is 1.04. The number of anilines is 2. The van der Waals surface area contributed by atoms with Gasteiger partial charge in [-0.25, -0.2) is 26.9 Å². The fourth-order valence-corrected chi connectivity index (χ4v) is 8.63. The summed E-state index contributed by atoms with van der Waals surface area (Å²) in [7, 11) is 0. The fourth-order valence-electron chi connectivity index (χ4n) is 7.69. The second-order valence-corrected chi connectivity index (χ2v) is 13.4. The van der Waals surface area contributed by atoms with E-state index in [0.717, 1.165) is 4.90 Å². The van der Waals surface area contributed by atoms with E-state index in [9.17, 15) is 32.3 Å². The fraction of sp³-hybridized carbons (Fsp3) is 0.294. The van der Waals surface area contributed by atoms with Gasteiger partial charge in [0.05, 0.1) is 24.1 Å². The lowest BCUT2D eigenvalue weighted by Gasteiger charge is -2.50. The second kappa shape index (κ2) is 11.6. The summed E-state index contributed by atoms with van der Waals surface area (Å²) >= 11 is 14.2. The quantitative estimate of drug-likeness (QED) is 0.0899. The first-order valence-corrected chi connectivity index (χ1v) is 15.8. The maximum Gasteiger partial charge on any atom is 0.258 e. The van der Waals surface area contributed by atoms with Gasteiger partial charge in [-0.3, -0.25) is 24.1 Å². The SMILES string of the molecule is O=C1[C@H]2[C@H](CC=C3[C@H]2C[C@@]2(Cl)C(=O)N(c4c(F)c(F)c(F)c(F)c4F)C(=O)[C@@]2(Cl)[C@H]3c2ccc(OCCO)cc2)C(=O)N1c1ccccc1. The molecule has 49 heavy (non-hydrogen) atoms. The minimum absolute atomic E-state index is 0.0182. The van der Waals surface area contributed by atoms with Crippen molar-refractivity contribution in [3.8, 4) is 5.75 Å². The lowest BCUT2D eigenvalue weighted by molar-refractivity contribution is -0.125. The minimum atomic E-state index is -2.63. The van der Waals surface area contributed by atoms with Gasteiger partial charge in [0.1, 0.15) is 18.0 Å². The molecule has 1 N–H and O–H groups in total. The van der Waals surface area contributed by atoms with Gasteiger partial charge in [0.25, 0.3) is 11.8 Å². The van der Waals surface area contributed by atoms with Crippen molar-refractivity contribution in [3.63, 3.8) is 0 Å². The molecule has 2 aliphatic carbocycles. The first-order chi connectivity index (χ1) is 23.3. The highest BCUT2D eigenvalue weighted by Crippen LogP contribution is 2.66. The Labute approximate surface area is 284 Å². The largest absolute Gasteiger partial charge is 0.491 e. The third kappa shape index (κ3) is 4.44. The molecule has 2 heterocycles. The van der Waals surface area contributed by atoms with Gasteiger partial charge in [-0.2, -0.15) is 0 Å². The monoisotopic (exact) mass is 720 g/mol. The molecule has 0 aromatic heterocycles.